The van der Waals surface area contributed by atoms with Gasteiger partial charge < -0.3 is 0 Å². The van der Waals surface area contributed by atoms with Crippen LogP contribution in [0.25, 0.3) is 0 Å². The minimum absolute atomic E-state index is 0.0878. The van der Waals surface area contributed by atoms with Crippen LogP contribution in [0, 0.1) is 11.3 Å². The lowest BCUT2D eigenvalue weighted by molar-refractivity contribution is 0.108. The summed E-state index contributed by atoms with van der Waals surface area (Å²) in [6.45, 7) is 8.73. The van der Waals surface area contributed by atoms with Crippen molar-refractivity contribution in [2.75, 3.05) is 6.16 Å². The van der Waals surface area contributed by atoms with Crippen molar-refractivity contribution in [3.8, 4) is 0 Å². The lowest BCUT2D eigenvalue weighted by Crippen LogP contribution is -2.13. The summed E-state index contributed by atoms with van der Waals surface area (Å²) in [4.78, 5) is 12.4. The Balaban J connectivity index is 2.82. The third kappa shape index (κ3) is 5.88. The highest BCUT2D eigenvalue weighted by atomic mass is 35.5. The molecule has 2 unspecified atom stereocenters. The number of carbonyl (C=O) groups is 1. The normalized spacial score (nSPS) is 13.9. The van der Waals surface area contributed by atoms with Gasteiger partial charge in [0.15, 0.2) is 5.52 Å². The van der Waals surface area contributed by atoms with Crippen LogP contribution >= 0.6 is 55.0 Å². The molecule has 0 bridgehead atoms. The van der Waals surface area contributed by atoms with Gasteiger partial charge in [0, 0.05) is 0 Å². The van der Waals surface area contributed by atoms with Crippen LogP contribution in [0.2, 0.25) is 20.1 Å². The first kappa shape index (κ1) is 19.5. The van der Waals surface area contributed by atoms with Crippen LogP contribution in [-0.2, 0) is 0 Å². The molecule has 1 aromatic carbocycles. The topological polar surface area (TPSA) is 17.1 Å². The van der Waals surface area contributed by atoms with Crippen molar-refractivity contribution in [1.82, 2.24) is 0 Å². The summed E-state index contributed by atoms with van der Waals surface area (Å²) in [5, 5.41) is 0.878. The first-order valence-corrected chi connectivity index (χ1v) is 9.36. The van der Waals surface area contributed by atoms with Gasteiger partial charge in [0.25, 0.3) is 0 Å². The second kappa shape index (κ2) is 7.84. The molecule has 0 aromatic heterocycles. The Kier molecular flexibility index (Phi) is 7.29. The predicted octanol–water partition coefficient (Wildman–Crippen LogP) is 7.19. The van der Waals surface area contributed by atoms with E-state index in [-0.39, 0.29) is 45.2 Å². The van der Waals surface area contributed by atoms with Crippen LogP contribution in [0.4, 0.5) is 0 Å². The predicted molar refractivity (Wildman–Crippen MR) is 97.2 cm³/mol. The zero-order valence-corrected chi connectivity index (χ0v) is 16.5. The fourth-order valence-electron chi connectivity index (χ4n) is 2.25. The third-order valence-electron chi connectivity index (χ3n) is 2.91. The first-order chi connectivity index (χ1) is 9.53. The van der Waals surface area contributed by atoms with Crippen LogP contribution in [0.15, 0.2) is 6.07 Å². The zero-order chi connectivity index (χ0) is 16.4. The first-order valence-electron chi connectivity index (χ1n) is 6.64. The molecular weight excluding hydrogens is 369 g/mol. The largest absolute Gasteiger partial charge is 0.289 e. The third-order valence-corrected chi connectivity index (χ3v) is 5.96. The van der Waals surface area contributed by atoms with Crippen LogP contribution in [0.5, 0.6) is 0 Å². The van der Waals surface area contributed by atoms with Crippen molar-refractivity contribution in [2.45, 2.75) is 34.1 Å². The van der Waals surface area contributed by atoms with Gasteiger partial charge in [0.2, 0.25) is 0 Å². The quantitative estimate of drug-likeness (QED) is 0.385. The smallest absolute Gasteiger partial charge is 0.184 e. The minimum atomic E-state index is -0.0878. The molecule has 0 saturated carbocycles. The van der Waals surface area contributed by atoms with E-state index < -0.39 is 0 Å². The molecule has 0 amide bonds. The Labute approximate surface area is 148 Å². The monoisotopic (exact) mass is 386 g/mol. The number of rotatable bonds is 5. The number of halogens is 4. The van der Waals surface area contributed by atoms with E-state index in [4.69, 9.17) is 46.4 Å². The molecule has 6 heteroatoms. The second-order valence-electron chi connectivity index (χ2n) is 6.42. The molecule has 0 N–H and O–H groups in total. The summed E-state index contributed by atoms with van der Waals surface area (Å²) in [6.07, 6.45) is 1.87. The summed E-state index contributed by atoms with van der Waals surface area (Å²) >= 11 is 24.1. The van der Waals surface area contributed by atoms with E-state index in [1.165, 1.54) is 6.07 Å². The van der Waals surface area contributed by atoms with Gasteiger partial charge in [-0.1, -0.05) is 74.1 Å². The molecule has 1 rings (SSSR count). The standard InChI is InChI=1S/C15H19Cl4OP/c1-8(6-15(2,3)4)7-21-14(20)11-12(18)9(16)5-10(17)13(11)19/h5,8,21H,6-7H2,1-4H3. The fourth-order valence-corrected chi connectivity index (χ4v) is 4.49. The second-order valence-corrected chi connectivity index (χ2v) is 9.21. The van der Waals surface area contributed by atoms with Crippen molar-refractivity contribution in [2.24, 2.45) is 11.3 Å². The van der Waals surface area contributed by atoms with Crippen molar-refractivity contribution in [3.05, 3.63) is 31.7 Å². The maximum atomic E-state index is 12.4. The van der Waals surface area contributed by atoms with Gasteiger partial charge in [-0.3, -0.25) is 4.79 Å². The van der Waals surface area contributed by atoms with Gasteiger partial charge in [-0.15, -0.1) is 0 Å². The van der Waals surface area contributed by atoms with Crippen molar-refractivity contribution in [1.29, 1.82) is 0 Å². The van der Waals surface area contributed by atoms with Gasteiger partial charge >= 0.3 is 0 Å². The average Bonchev–Trinajstić information content (AvgIpc) is 2.32. The summed E-state index contributed by atoms with van der Waals surface area (Å²) < 4.78 is 0. The molecular formula is C15H19Cl4OP. The molecule has 0 radical (unpaired) electrons. The minimum Gasteiger partial charge on any atom is -0.289 e. The molecule has 0 aliphatic heterocycles. The molecule has 0 spiro atoms. The van der Waals surface area contributed by atoms with E-state index in [9.17, 15) is 4.79 Å². The van der Waals surface area contributed by atoms with Crippen LogP contribution in [0.1, 0.15) is 44.5 Å². The molecule has 0 heterocycles. The maximum absolute atomic E-state index is 12.4. The summed E-state index contributed by atoms with van der Waals surface area (Å²) in [7, 11) is 0.110. The number of benzene rings is 1. The lowest BCUT2D eigenvalue weighted by atomic mass is 9.86. The molecule has 21 heavy (non-hydrogen) atoms. The molecule has 0 saturated heterocycles. The average molecular weight is 388 g/mol. The SMILES string of the molecule is CC(CPC(=O)c1c(Cl)c(Cl)cc(Cl)c1Cl)CC(C)(C)C. The highest BCUT2D eigenvalue weighted by Crippen LogP contribution is 2.40. The molecule has 1 nitrogen and oxygen atoms in total. The molecule has 0 aliphatic carbocycles. The number of hydrogen-bond acceptors (Lipinski definition) is 1. The van der Waals surface area contributed by atoms with Gasteiger partial charge in [0.05, 0.1) is 25.7 Å². The Morgan fingerprint density at radius 3 is 2.05 bits per heavy atom. The Morgan fingerprint density at radius 1 is 1.14 bits per heavy atom. The molecule has 0 fully saturated rings. The van der Waals surface area contributed by atoms with Crippen molar-refractivity contribution < 1.29 is 4.79 Å². The van der Waals surface area contributed by atoms with Gasteiger partial charge in [-0.05, 0) is 38.6 Å². The number of hydrogen-bond donors (Lipinski definition) is 0. The van der Waals surface area contributed by atoms with Crippen molar-refractivity contribution in [3.63, 3.8) is 0 Å². The van der Waals surface area contributed by atoms with Gasteiger partial charge in [0.1, 0.15) is 0 Å². The summed E-state index contributed by atoms with van der Waals surface area (Å²) in [5.41, 5.74) is 0.411. The Bertz CT molecular complexity index is 511. The van der Waals surface area contributed by atoms with E-state index in [0.717, 1.165) is 12.6 Å². The molecule has 0 aliphatic rings. The van der Waals surface area contributed by atoms with E-state index in [1.54, 1.807) is 0 Å². The molecule has 1 aromatic rings. The van der Waals surface area contributed by atoms with Gasteiger partial charge in [-0.25, -0.2) is 0 Å². The van der Waals surface area contributed by atoms with E-state index in [0.29, 0.717) is 5.92 Å². The molecule has 2 atom stereocenters. The van der Waals surface area contributed by atoms with Crippen LogP contribution in [0.3, 0.4) is 0 Å². The maximum Gasteiger partial charge on any atom is 0.184 e. The Hall–Kier alpha value is 0.480. The highest BCUT2D eigenvalue weighted by Gasteiger charge is 2.22. The van der Waals surface area contributed by atoms with Gasteiger partial charge in [-0.2, -0.15) is 0 Å². The Morgan fingerprint density at radius 2 is 1.62 bits per heavy atom. The van der Waals surface area contributed by atoms with Crippen LogP contribution in [-0.4, -0.2) is 11.7 Å². The highest BCUT2D eigenvalue weighted by molar-refractivity contribution is 7.58. The van der Waals surface area contributed by atoms with E-state index in [2.05, 4.69) is 27.7 Å². The van der Waals surface area contributed by atoms with Crippen LogP contribution < -0.4 is 0 Å². The summed E-state index contributed by atoms with van der Waals surface area (Å²) in [6, 6.07) is 1.45. The zero-order valence-electron chi connectivity index (χ0n) is 12.5. The van der Waals surface area contributed by atoms with E-state index >= 15 is 0 Å². The lowest BCUT2D eigenvalue weighted by Gasteiger charge is -2.23. The summed E-state index contributed by atoms with van der Waals surface area (Å²) in [5.74, 6) is 0.458. The van der Waals surface area contributed by atoms with Crippen molar-refractivity contribution >= 4 is 60.5 Å². The van der Waals surface area contributed by atoms with E-state index in [1.807, 2.05) is 0 Å². The number of carbonyl (C=O) groups excluding carboxylic acids is 1. The fraction of sp³-hybridized carbons (Fsp3) is 0.533. The molecule has 118 valence electrons.